The molecule has 4 heteroatoms. The highest BCUT2D eigenvalue weighted by molar-refractivity contribution is 9.10. The summed E-state index contributed by atoms with van der Waals surface area (Å²) in [6.07, 6.45) is 2.57. The van der Waals surface area contributed by atoms with Crippen LogP contribution < -0.4 is 5.32 Å². The number of nitrogens with zero attached hydrogens (tertiary/aromatic N) is 1. The molecule has 1 aliphatic heterocycles. The van der Waals surface area contributed by atoms with E-state index in [1.165, 1.54) is 31.5 Å². The van der Waals surface area contributed by atoms with Gasteiger partial charge in [-0.2, -0.15) is 0 Å². The van der Waals surface area contributed by atoms with Crippen molar-refractivity contribution in [1.29, 1.82) is 0 Å². The Morgan fingerprint density at radius 2 is 2.11 bits per heavy atom. The van der Waals surface area contributed by atoms with Crippen molar-refractivity contribution in [2.75, 3.05) is 26.7 Å². The standard InChI is InChI=1S/C14H20BrClN2/c1-17-9-11-4-6-18(7-5-11)10-12-2-3-13(15)8-14(12)16/h2-3,8,11,17H,4-7,9-10H2,1H3. The zero-order chi connectivity index (χ0) is 13.0. The van der Waals surface area contributed by atoms with Gasteiger partial charge in [0, 0.05) is 16.0 Å². The van der Waals surface area contributed by atoms with Gasteiger partial charge in [0.05, 0.1) is 0 Å². The highest BCUT2D eigenvalue weighted by Crippen LogP contribution is 2.24. The van der Waals surface area contributed by atoms with Gasteiger partial charge in [-0.15, -0.1) is 0 Å². The second kappa shape index (κ2) is 6.90. The van der Waals surface area contributed by atoms with Gasteiger partial charge < -0.3 is 5.32 Å². The van der Waals surface area contributed by atoms with Crippen molar-refractivity contribution in [3.8, 4) is 0 Å². The molecule has 0 aliphatic carbocycles. The zero-order valence-corrected chi connectivity index (χ0v) is 13.1. The van der Waals surface area contributed by atoms with Crippen molar-refractivity contribution in [2.45, 2.75) is 19.4 Å². The van der Waals surface area contributed by atoms with Crippen LogP contribution in [0.2, 0.25) is 5.02 Å². The molecule has 0 saturated carbocycles. The molecule has 0 unspecified atom stereocenters. The Labute approximate surface area is 123 Å². The summed E-state index contributed by atoms with van der Waals surface area (Å²) >= 11 is 9.70. The Hall–Kier alpha value is -0.0900. The van der Waals surface area contributed by atoms with Crippen molar-refractivity contribution in [1.82, 2.24) is 10.2 Å². The predicted octanol–water partition coefficient (Wildman–Crippen LogP) is 3.53. The number of likely N-dealkylation sites (tertiary alicyclic amines) is 1. The Balaban J connectivity index is 1.87. The molecule has 1 aromatic rings. The summed E-state index contributed by atoms with van der Waals surface area (Å²) in [6, 6.07) is 6.16. The van der Waals surface area contributed by atoms with Crippen molar-refractivity contribution >= 4 is 27.5 Å². The summed E-state index contributed by atoms with van der Waals surface area (Å²) in [5.74, 6) is 0.839. The van der Waals surface area contributed by atoms with Gasteiger partial charge in [-0.05, 0) is 63.1 Å². The van der Waals surface area contributed by atoms with E-state index in [1.807, 2.05) is 13.1 Å². The Morgan fingerprint density at radius 1 is 1.39 bits per heavy atom. The summed E-state index contributed by atoms with van der Waals surface area (Å²) in [5, 5.41) is 4.14. The van der Waals surface area contributed by atoms with Crippen LogP contribution in [0.25, 0.3) is 0 Å². The molecule has 1 N–H and O–H groups in total. The fraction of sp³-hybridized carbons (Fsp3) is 0.571. The van der Waals surface area contributed by atoms with Gasteiger partial charge in [0.25, 0.3) is 0 Å². The lowest BCUT2D eigenvalue weighted by Crippen LogP contribution is -2.36. The molecule has 0 amide bonds. The minimum atomic E-state index is 0.839. The molecule has 1 fully saturated rings. The van der Waals surface area contributed by atoms with Crippen molar-refractivity contribution in [3.05, 3.63) is 33.3 Å². The number of nitrogens with one attached hydrogen (secondary N) is 1. The lowest BCUT2D eigenvalue weighted by molar-refractivity contribution is 0.177. The third-order valence-corrected chi connectivity index (χ3v) is 4.45. The highest BCUT2D eigenvalue weighted by Gasteiger charge is 2.19. The maximum atomic E-state index is 6.26. The van der Waals surface area contributed by atoms with E-state index in [1.54, 1.807) is 0 Å². The molecule has 0 aromatic heterocycles. The van der Waals surface area contributed by atoms with E-state index in [-0.39, 0.29) is 0 Å². The van der Waals surface area contributed by atoms with Gasteiger partial charge in [-0.1, -0.05) is 33.6 Å². The Kier molecular flexibility index (Phi) is 5.49. The fourth-order valence-electron chi connectivity index (χ4n) is 2.53. The van der Waals surface area contributed by atoms with Crippen LogP contribution in [-0.4, -0.2) is 31.6 Å². The Bertz CT molecular complexity index is 389. The van der Waals surface area contributed by atoms with Crippen LogP contribution in [0.15, 0.2) is 22.7 Å². The second-order valence-corrected chi connectivity index (χ2v) is 6.34. The minimum Gasteiger partial charge on any atom is -0.319 e. The molecule has 2 rings (SSSR count). The van der Waals surface area contributed by atoms with E-state index >= 15 is 0 Å². The van der Waals surface area contributed by atoms with Crippen LogP contribution >= 0.6 is 27.5 Å². The molecular formula is C14H20BrClN2. The molecule has 100 valence electrons. The number of halogens is 2. The molecule has 1 saturated heterocycles. The van der Waals surface area contributed by atoms with E-state index in [2.05, 4.69) is 38.3 Å². The van der Waals surface area contributed by atoms with Crippen molar-refractivity contribution < 1.29 is 0 Å². The smallest absolute Gasteiger partial charge is 0.0462 e. The van der Waals surface area contributed by atoms with Crippen molar-refractivity contribution in [2.24, 2.45) is 5.92 Å². The first-order valence-electron chi connectivity index (χ1n) is 6.50. The van der Waals surface area contributed by atoms with Gasteiger partial charge in [0.15, 0.2) is 0 Å². The van der Waals surface area contributed by atoms with Crippen LogP contribution in [0.4, 0.5) is 0 Å². The number of piperidine rings is 1. The maximum Gasteiger partial charge on any atom is 0.0462 e. The monoisotopic (exact) mass is 330 g/mol. The summed E-state index contributed by atoms with van der Waals surface area (Å²) in [4.78, 5) is 2.50. The van der Waals surface area contributed by atoms with Crippen LogP contribution in [0.1, 0.15) is 18.4 Å². The lowest BCUT2D eigenvalue weighted by atomic mass is 9.96. The summed E-state index contributed by atoms with van der Waals surface area (Å²) < 4.78 is 1.05. The molecule has 0 bridgehead atoms. The molecule has 0 radical (unpaired) electrons. The quantitative estimate of drug-likeness (QED) is 0.908. The molecule has 18 heavy (non-hydrogen) atoms. The Morgan fingerprint density at radius 3 is 2.72 bits per heavy atom. The summed E-state index contributed by atoms with van der Waals surface area (Å²) in [6.45, 7) is 4.47. The number of benzene rings is 1. The summed E-state index contributed by atoms with van der Waals surface area (Å²) in [5.41, 5.74) is 1.23. The van der Waals surface area contributed by atoms with E-state index in [9.17, 15) is 0 Å². The molecule has 0 spiro atoms. The number of hydrogen-bond donors (Lipinski definition) is 1. The molecular weight excluding hydrogens is 312 g/mol. The fourth-order valence-corrected chi connectivity index (χ4v) is 3.26. The van der Waals surface area contributed by atoms with E-state index in [4.69, 9.17) is 11.6 Å². The first kappa shape index (κ1) is 14.3. The third-order valence-electron chi connectivity index (χ3n) is 3.61. The van der Waals surface area contributed by atoms with Crippen LogP contribution in [0.3, 0.4) is 0 Å². The minimum absolute atomic E-state index is 0.839. The maximum absolute atomic E-state index is 6.26. The van der Waals surface area contributed by atoms with Crippen LogP contribution in [0, 0.1) is 5.92 Å². The molecule has 1 heterocycles. The van der Waals surface area contributed by atoms with E-state index < -0.39 is 0 Å². The van der Waals surface area contributed by atoms with Crippen molar-refractivity contribution in [3.63, 3.8) is 0 Å². The molecule has 0 atom stereocenters. The van der Waals surface area contributed by atoms with E-state index in [0.717, 1.165) is 28.5 Å². The number of rotatable bonds is 4. The lowest BCUT2D eigenvalue weighted by Gasteiger charge is -2.32. The zero-order valence-electron chi connectivity index (χ0n) is 10.8. The predicted molar refractivity (Wildman–Crippen MR) is 81.1 cm³/mol. The van der Waals surface area contributed by atoms with Gasteiger partial charge in [-0.25, -0.2) is 0 Å². The van der Waals surface area contributed by atoms with Crippen LogP contribution in [0.5, 0.6) is 0 Å². The molecule has 1 aromatic carbocycles. The largest absolute Gasteiger partial charge is 0.319 e. The average molecular weight is 332 g/mol. The van der Waals surface area contributed by atoms with Gasteiger partial charge in [0.1, 0.15) is 0 Å². The third kappa shape index (κ3) is 3.95. The molecule has 2 nitrogen and oxygen atoms in total. The molecule has 1 aliphatic rings. The number of hydrogen-bond acceptors (Lipinski definition) is 2. The first-order chi connectivity index (χ1) is 8.69. The SMILES string of the molecule is CNCC1CCN(Cc2ccc(Br)cc2Cl)CC1. The van der Waals surface area contributed by atoms with Gasteiger partial charge in [-0.3, -0.25) is 4.90 Å². The van der Waals surface area contributed by atoms with Gasteiger partial charge >= 0.3 is 0 Å². The highest BCUT2D eigenvalue weighted by atomic mass is 79.9. The van der Waals surface area contributed by atoms with Crippen LogP contribution in [-0.2, 0) is 6.54 Å². The topological polar surface area (TPSA) is 15.3 Å². The summed E-state index contributed by atoms with van der Waals surface area (Å²) in [7, 11) is 2.04. The normalized spacial score (nSPS) is 18.2. The van der Waals surface area contributed by atoms with Gasteiger partial charge in [0.2, 0.25) is 0 Å². The van der Waals surface area contributed by atoms with E-state index in [0.29, 0.717) is 0 Å². The first-order valence-corrected chi connectivity index (χ1v) is 7.67. The average Bonchev–Trinajstić information content (AvgIpc) is 2.35. The second-order valence-electron chi connectivity index (χ2n) is 5.01.